The van der Waals surface area contributed by atoms with E-state index in [9.17, 15) is 4.79 Å². The van der Waals surface area contributed by atoms with Crippen LogP contribution in [0.2, 0.25) is 0 Å². The Morgan fingerprint density at radius 2 is 1.95 bits per heavy atom. The minimum absolute atomic E-state index is 0.0324. The maximum absolute atomic E-state index is 12.4. The quantitative estimate of drug-likeness (QED) is 0.886. The minimum atomic E-state index is -0.0834. The number of nitrogens with zero attached hydrogens (tertiary/aromatic N) is 1. The second-order valence-corrected chi connectivity index (χ2v) is 4.94. The van der Waals surface area contributed by atoms with Gasteiger partial charge in [0.05, 0.1) is 6.04 Å². The molecule has 0 bridgehead atoms. The Bertz CT molecular complexity index is 588. The topological polar surface area (TPSA) is 54.0 Å². The number of hydrogen-bond donors (Lipinski definition) is 2. The molecule has 1 amide bonds. The van der Waals surface area contributed by atoms with Crippen LogP contribution < -0.4 is 10.6 Å². The van der Waals surface area contributed by atoms with Gasteiger partial charge in [-0.3, -0.25) is 4.79 Å². The number of anilines is 1. The van der Waals surface area contributed by atoms with Crippen LogP contribution in [0.1, 0.15) is 41.5 Å². The van der Waals surface area contributed by atoms with Gasteiger partial charge < -0.3 is 10.6 Å². The highest BCUT2D eigenvalue weighted by atomic mass is 16.1. The van der Waals surface area contributed by atoms with Gasteiger partial charge in [-0.15, -0.1) is 0 Å². The summed E-state index contributed by atoms with van der Waals surface area (Å²) >= 11 is 0. The molecule has 1 heterocycles. The minimum Gasteiger partial charge on any atom is -0.373 e. The van der Waals surface area contributed by atoms with Crippen LogP contribution in [0.25, 0.3) is 0 Å². The SMILES string of the molecule is CCc1cc(C(=O)NC(C)c2ccccc2)cc(NC)n1. The molecule has 21 heavy (non-hydrogen) atoms. The van der Waals surface area contributed by atoms with Crippen molar-refractivity contribution >= 4 is 11.7 Å². The van der Waals surface area contributed by atoms with Gasteiger partial charge in [0, 0.05) is 18.3 Å². The fourth-order valence-electron chi connectivity index (χ4n) is 2.13. The molecule has 110 valence electrons. The number of carbonyl (C=O) groups excluding carboxylic acids is 1. The Morgan fingerprint density at radius 1 is 1.24 bits per heavy atom. The zero-order chi connectivity index (χ0) is 15.2. The summed E-state index contributed by atoms with van der Waals surface area (Å²) in [5.74, 6) is 0.631. The summed E-state index contributed by atoms with van der Waals surface area (Å²) in [5.41, 5.74) is 2.62. The lowest BCUT2D eigenvalue weighted by Gasteiger charge is -2.15. The van der Waals surface area contributed by atoms with Gasteiger partial charge in [0.25, 0.3) is 5.91 Å². The standard InChI is InChI=1S/C17H21N3O/c1-4-15-10-14(11-16(18-3)20-15)17(21)19-12(2)13-8-6-5-7-9-13/h5-12H,4H2,1-3H3,(H,18,20)(H,19,21). The van der Waals surface area contributed by atoms with E-state index in [0.717, 1.165) is 17.7 Å². The van der Waals surface area contributed by atoms with E-state index >= 15 is 0 Å². The van der Waals surface area contributed by atoms with E-state index in [1.807, 2.05) is 50.2 Å². The van der Waals surface area contributed by atoms with Crippen molar-refractivity contribution in [1.82, 2.24) is 10.3 Å². The molecule has 4 heteroatoms. The summed E-state index contributed by atoms with van der Waals surface area (Å²) in [7, 11) is 1.80. The van der Waals surface area contributed by atoms with E-state index in [1.165, 1.54) is 0 Å². The average Bonchev–Trinajstić information content (AvgIpc) is 2.54. The molecule has 1 unspecified atom stereocenters. The first-order valence-corrected chi connectivity index (χ1v) is 7.18. The summed E-state index contributed by atoms with van der Waals surface area (Å²) in [6.45, 7) is 4.00. The van der Waals surface area contributed by atoms with Crippen molar-refractivity contribution in [2.24, 2.45) is 0 Å². The first kappa shape index (κ1) is 15.0. The lowest BCUT2D eigenvalue weighted by molar-refractivity contribution is 0.0939. The van der Waals surface area contributed by atoms with Crippen LogP contribution in [-0.4, -0.2) is 17.9 Å². The van der Waals surface area contributed by atoms with Crippen molar-refractivity contribution in [3.8, 4) is 0 Å². The van der Waals surface area contributed by atoms with Gasteiger partial charge in [0.1, 0.15) is 5.82 Å². The van der Waals surface area contributed by atoms with E-state index in [4.69, 9.17) is 0 Å². The molecule has 2 N–H and O–H groups in total. The van der Waals surface area contributed by atoms with Gasteiger partial charge in [0.2, 0.25) is 0 Å². The molecule has 0 spiro atoms. The van der Waals surface area contributed by atoms with Gasteiger partial charge >= 0.3 is 0 Å². The van der Waals surface area contributed by atoms with Crippen LogP contribution in [0.4, 0.5) is 5.82 Å². The van der Waals surface area contributed by atoms with Crippen molar-refractivity contribution in [3.63, 3.8) is 0 Å². The van der Waals surface area contributed by atoms with Crippen LogP contribution >= 0.6 is 0 Å². The number of pyridine rings is 1. The summed E-state index contributed by atoms with van der Waals surface area (Å²) in [4.78, 5) is 16.8. The number of benzene rings is 1. The van der Waals surface area contributed by atoms with Crippen LogP contribution in [0.15, 0.2) is 42.5 Å². The lowest BCUT2D eigenvalue weighted by Crippen LogP contribution is -2.27. The molecule has 4 nitrogen and oxygen atoms in total. The highest BCUT2D eigenvalue weighted by Gasteiger charge is 2.13. The summed E-state index contributed by atoms with van der Waals surface area (Å²) in [6, 6.07) is 13.5. The van der Waals surface area contributed by atoms with Gasteiger partial charge in [-0.1, -0.05) is 37.3 Å². The van der Waals surface area contributed by atoms with Gasteiger partial charge in [-0.05, 0) is 31.0 Å². The molecule has 2 aromatic rings. The number of carbonyl (C=O) groups is 1. The number of hydrogen-bond acceptors (Lipinski definition) is 3. The Balaban J connectivity index is 2.16. The van der Waals surface area contributed by atoms with Gasteiger partial charge in [-0.25, -0.2) is 4.98 Å². The molecule has 2 rings (SSSR count). The molecule has 0 aliphatic carbocycles. The van der Waals surface area contributed by atoms with Crippen molar-refractivity contribution in [3.05, 3.63) is 59.3 Å². The summed E-state index contributed by atoms with van der Waals surface area (Å²) in [6.07, 6.45) is 0.796. The molecule has 0 aliphatic rings. The normalized spacial score (nSPS) is 11.8. The molecular formula is C17H21N3O. The third-order valence-corrected chi connectivity index (χ3v) is 3.41. The fraction of sp³-hybridized carbons (Fsp3) is 0.294. The molecule has 1 aromatic carbocycles. The second-order valence-electron chi connectivity index (χ2n) is 4.94. The number of aryl methyl sites for hydroxylation is 1. The van der Waals surface area contributed by atoms with Crippen molar-refractivity contribution in [1.29, 1.82) is 0 Å². The van der Waals surface area contributed by atoms with E-state index in [-0.39, 0.29) is 11.9 Å². The largest absolute Gasteiger partial charge is 0.373 e. The van der Waals surface area contributed by atoms with Crippen LogP contribution in [0.3, 0.4) is 0 Å². The van der Waals surface area contributed by atoms with Gasteiger partial charge in [-0.2, -0.15) is 0 Å². The predicted octanol–water partition coefficient (Wildman–Crippen LogP) is 3.18. The molecule has 0 fully saturated rings. The third kappa shape index (κ3) is 3.81. The van der Waals surface area contributed by atoms with E-state index in [0.29, 0.717) is 11.4 Å². The Kier molecular flexibility index (Phi) is 4.93. The Morgan fingerprint density at radius 3 is 2.57 bits per heavy atom. The maximum Gasteiger partial charge on any atom is 0.251 e. The number of aromatic nitrogens is 1. The number of rotatable bonds is 5. The average molecular weight is 283 g/mol. The zero-order valence-electron chi connectivity index (χ0n) is 12.7. The molecule has 0 saturated carbocycles. The third-order valence-electron chi connectivity index (χ3n) is 3.41. The lowest BCUT2D eigenvalue weighted by atomic mass is 10.1. The highest BCUT2D eigenvalue weighted by molar-refractivity contribution is 5.95. The molecule has 0 saturated heterocycles. The number of nitrogens with one attached hydrogen (secondary N) is 2. The molecule has 1 aromatic heterocycles. The van der Waals surface area contributed by atoms with Crippen molar-refractivity contribution in [2.45, 2.75) is 26.3 Å². The van der Waals surface area contributed by atoms with E-state index in [1.54, 1.807) is 13.1 Å². The summed E-state index contributed by atoms with van der Waals surface area (Å²) in [5, 5.41) is 6.01. The first-order valence-electron chi connectivity index (χ1n) is 7.18. The van der Waals surface area contributed by atoms with E-state index < -0.39 is 0 Å². The Hall–Kier alpha value is -2.36. The molecule has 0 radical (unpaired) electrons. The molecule has 1 atom stereocenters. The van der Waals surface area contributed by atoms with Crippen LogP contribution in [0, 0.1) is 0 Å². The Labute approximate surface area is 125 Å². The predicted molar refractivity (Wildman–Crippen MR) is 85.5 cm³/mol. The fourth-order valence-corrected chi connectivity index (χ4v) is 2.13. The first-order chi connectivity index (χ1) is 10.1. The van der Waals surface area contributed by atoms with Crippen molar-refractivity contribution < 1.29 is 4.79 Å². The van der Waals surface area contributed by atoms with Crippen LogP contribution in [0.5, 0.6) is 0 Å². The van der Waals surface area contributed by atoms with E-state index in [2.05, 4.69) is 15.6 Å². The summed E-state index contributed by atoms with van der Waals surface area (Å²) < 4.78 is 0. The van der Waals surface area contributed by atoms with Gasteiger partial charge in [0.15, 0.2) is 0 Å². The zero-order valence-corrected chi connectivity index (χ0v) is 12.7. The second kappa shape index (κ2) is 6.88. The van der Waals surface area contributed by atoms with Crippen LogP contribution in [-0.2, 0) is 6.42 Å². The number of amides is 1. The molecular weight excluding hydrogens is 262 g/mol. The highest BCUT2D eigenvalue weighted by Crippen LogP contribution is 2.15. The smallest absolute Gasteiger partial charge is 0.251 e. The molecule has 0 aliphatic heterocycles. The maximum atomic E-state index is 12.4. The van der Waals surface area contributed by atoms with Crippen molar-refractivity contribution in [2.75, 3.05) is 12.4 Å². The monoisotopic (exact) mass is 283 g/mol.